The number of halogens is 1. The van der Waals surface area contributed by atoms with Crippen LogP contribution in [-0.2, 0) is 21.4 Å². The zero-order chi connectivity index (χ0) is 24.4. The second-order valence-electron chi connectivity index (χ2n) is 8.00. The Bertz CT molecular complexity index is 1060. The molecule has 1 aliphatic rings. The van der Waals surface area contributed by atoms with Gasteiger partial charge >= 0.3 is 0 Å². The standard InChI is InChI=1S/C22H29FN2O4S/c1-24(2)14-19-15-25(30(27,28)16-17-7-9-20(23)10-8-17)12-11-22(19,26)18-5-4-6-21(13-18)29-3/h4-10,13,19,26H,11-12,14-16H2,1-3H3/i3D3. The van der Waals surface area contributed by atoms with Crippen LogP contribution in [0.1, 0.15) is 21.7 Å². The first-order chi connectivity index (χ1) is 15.3. The number of hydrogen-bond donors (Lipinski definition) is 1. The lowest BCUT2D eigenvalue weighted by atomic mass is 9.76. The Balaban J connectivity index is 1.86. The number of nitrogens with zero attached hydrogens (tertiary/aromatic N) is 2. The highest BCUT2D eigenvalue weighted by Crippen LogP contribution is 2.40. The lowest BCUT2D eigenvalue weighted by Gasteiger charge is -2.45. The molecule has 0 saturated carbocycles. The average molecular weight is 440 g/mol. The van der Waals surface area contributed by atoms with Gasteiger partial charge in [-0.2, -0.15) is 0 Å². The van der Waals surface area contributed by atoms with Crippen LogP contribution in [0.4, 0.5) is 4.39 Å². The molecule has 0 bridgehead atoms. The molecule has 6 nitrogen and oxygen atoms in total. The van der Waals surface area contributed by atoms with Crippen LogP contribution in [0.3, 0.4) is 0 Å². The topological polar surface area (TPSA) is 70.1 Å². The first-order valence-electron chi connectivity index (χ1n) is 11.2. The fraction of sp³-hybridized carbons (Fsp3) is 0.455. The first kappa shape index (κ1) is 18.7. The van der Waals surface area contributed by atoms with E-state index in [1.165, 1.54) is 40.7 Å². The molecule has 0 radical (unpaired) electrons. The summed E-state index contributed by atoms with van der Waals surface area (Å²) in [5.74, 6) is -1.07. The summed E-state index contributed by atoms with van der Waals surface area (Å²) in [4.78, 5) is 1.87. The highest BCUT2D eigenvalue weighted by molar-refractivity contribution is 7.88. The molecule has 3 rings (SSSR count). The van der Waals surface area contributed by atoms with Crippen molar-refractivity contribution in [3.05, 3.63) is 65.5 Å². The number of methoxy groups -OCH3 is 1. The van der Waals surface area contributed by atoms with E-state index in [2.05, 4.69) is 0 Å². The summed E-state index contributed by atoms with van der Waals surface area (Å²) in [5.41, 5.74) is -0.414. The maximum atomic E-state index is 13.2. The van der Waals surface area contributed by atoms with Crippen LogP contribution in [-0.4, -0.2) is 63.5 Å². The summed E-state index contributed by atoms with van der Waals surface area (Å²) in [6, 6.07) is 11.6. The van der Waals surface area contributed by atoms with Crippen molar-refractivity contribution in [1.82, 2.24) is 9.21 Å². The van der Waals surface area contributed by atoms with Crippen molar-refractivity contribution >= 4 is 10.0 Å². The molecule has 0 aliphatic carbocycles. The summed E-state index contributed by atoms with van der Waals surface area (Å²) in [6.07, 6.45) is 0.130. The predicted octanol–water partition coefficient (Wildman–Crippen LogP) is 2.44. The number of hydrogen-bond acceptors (Lipinski definition) is 5. The van der Waals surface area contributed by atoms with Gasteiger partial charge in [0, 0.05) is 25.6 Å². The van der Waals surface area contributed by atoms with E-state index >= 15 is 0 Å². The summed E-state index contributed by atoms with van der Waals surface area (Å²) in [7, 11) is -2.66. The molecule has 2 aromatic rings. The Kier molecular flexibility index (Phi) is 5.63. The maximum Gasteiger partial charge on any atom is 0.218 e. The Labute approximate surface area is 182 Å². The van der Waals surface area contributed by atoms with Gasteiger partial charge in [-0.1, -0.05) is 24.3 Å². The molecule has 1 heterocycles. The lowest BCUT2D eigenvalue weighted by Crippen LogP contribution is -2.54. The van der Waals surface area contributed by atoms with Gasteiger partial charge in [-0.15, -0.1) is 0 Å². The summed E-state index contributed by atoms with van der Waals surface area (Å²) in [5, 5.41) is 11.7. The summed E-state index contributed by atoms with van der Waals surface area (Å²) >= 11 is 0. The average Bonchev–Trinajstić information content (AvgIpc) is 2.70. The highest BCUT2D eigenvalue weighted by atomic mass is 32.2. The van der Waals surface area contributed by atoms with Crippen molar-refractivity contribution in [2.75, 3.05) is 40.8 Å². The number of benzene rings is 2. The van der Waals surface area contributed by atoms with Gasteiger partial charge < -0.3 is 14.7 Å². The van der Waals surface area contributed by atoms with Crippen molar-refractivity contribution in [3.63, 3.8) is 0 Å². The summed E-state index contributed by atoms with van der Waals surface area (Å²) in [6.45, 7) is 0.584. The van der Waals surface area contributed by atoms with Crippen molar-refractivity contribution in [1.29, 1.82) is 0 Å². The van der Waals surface area contributed by atoms with Gasteiger partial charge in [0.25, 0.3) is 0 Å². The van der Waals surface area contributed by atoms with E-state index in [0.29, 0.717) is 17.7 Å². The van der Waals surface area contributed by atoms with Crippen molar-refractivity contribution in [3.8, 4) is 5.75 Å². The quantitative estimate of drug-likeness (QED) is 0.718. The Morgan fingerprint density at radius 3 is 2.70 bits per heavy atom. The second-order valence-corrected chi connectivity index (χ2v) is 9.97. The van der Waals surface area contributed by atoms with Gasteiger partial charge in [-0.3, -0.25) is 0 Å². The molecule has 0 spiro atoms. The van der Waals surface area contributed by atoms with Crippen molar-refractivity contribution < 1.29 is 26.8 Å². The molecule has 1 fully saturated rings. The minimum atomic E-state index is -3.70. The molecule has 0 amide bonds. The van der Waals surface area contributed by atoms with Crippen LogP contribution in [0.5, 0.6) is 5.75 Å². The molecule has 2 aromatic carbocycles. The second kappa shape index (κ2) is 9.01. The molecule has 2 unspecified atom stereocenters. The van der Waals surface area contributed by atoms with E-state index in [4.69, 9.17) is 8.85 Å². The molecule has 0 aromatic heterocycles. The maximum absolute atomic E-state index is 13.2. The molecular formula is C22H29FN2O4S. The van der Waals surface area contributed by atoms with Crippen LogP contribution < -0.4 is 4.74 Å². The SMILES string of the molecule is [2H]C([2H])([2H])Oc1cccc(C2(O)CCN(S(=O)(=O)Cc3ccc(F)cc3)CC2CN(C)C)c1. The number of sulfonamides is 1. The zero-order valence-corrected chi connectivity index (χ0v) is 17.9. The Hall–Kier alpha value is -2.00. The minimum Gasteiger partial charge on any atom is -0.497 e. The van der Waals surface area contributed by atoms with Crippen LogP contribution in [0.25, 0.3) is 0 Å². The highest BCUT2D eigenvalue weighted by Gasteiger charge is 2.45. The van der Waals surface area contributed by atoms with E-state index in [1.807, 2.05) is 19.0 Å². The fourth-order valence-electron chi connectivity index (χ4n) is 3.98. The molecular weight excluding hydrogens is 407 g/mol. The molecule has 2 atom stereocenters. The lowest BCUT2D eigenvalue weighted by molar-refractivity contribution is -0.0698. The van der Waals surface area contributed by atoms with E-state index in [9.17, 15) is 17.9 Å². The number of piperidine rings is 1. The van der Waals surface area contributed by atoms with E-state index in [-0.39, 0.29) is 31.0 Å². The third-order valence-corrected chi connectivity index (χ3v) is 7.35. The molecule has 164 valence electrons. The third-order valence-electron chi connectivity index (χ3n) is 5.53. The van der Waals surface area contributed by atoms with Gasteiger partial charge in [-0.25, -0.2) is 17.1 Å². The van der Waals surface area contributed by atoms with Gasteiger partial charge in [-0.05, 0) is 55.9 Å². The number of ether oxygens (including phenoxy) is 1. The first-order valence-corrected chi connectivity index (χ1v) is 11.3. The fourth-order valence-corrected chi connectivity index (χ4v) is 5.55. The third kappa shape index (κ3) is 5.00. The van der Waals surface area contributed by atoms with Gasteiger partial charge in [0.05, 0.1) is 22.5 Å². The van der Waals surface area contributed by atoms with Crippen molar-refractivity contribution in [2.45, 2.75) is 17.8 Å². The zero-order valence-electron chi connectivity index (χ0n) is 20.1. The Morgan fingerprint density at radius 2 is 2.03 bits per heavy atom. The van der Waals surface area contributed by atoms with E-state index in [0.717, 1.165) is 0 Å². The van der Waals surface area contributed by atoms with Crippen LogP contribution in [0.2, 0.25) is 0 Å². The number of aliphatic hydroxyl groups is 1. The van der Waals surface area contributed by atoms with Crippen LogP contribution in [0.15, 0.2) is 48.5 Å². The largest absolute Gasteiger partial charge is 0.497 e. The summed E-state index contributed by atoms with van der Waals surface area (Å²) < 4.78 is 67.6. The van der Waals surface area contributed by atoms with Gasteiger partial charge in [0.1, 0.15) is 11.6 Å². The Morgan fingerprint density at radius 1 is 1.30 bits per heavy atom. The van der Waals surface area contributed by atoms with Crippen LogP contribution >= 0.6 is 0 Å². The molecule has 30 heavy (non-hydrogen) atoms. The van der Waals surface area contributed by atoms with E-state index in [1.54, 1.807) is 12.1 Å². The monoisotopic (exact) mass is 439 g/mol. The molecule has 1 aliphatic heterocycles. The van der Waals surface area contributed by atoms with Crippen LogP contribution in [0, 0.1) is 11.7 Å². The van der Waals surface area contributed by atoms with Gasteiger partial charge in [0.2, 0.25) is 10.0 Å². The van der Waals surface area contributed by atoms with Gasteiger partial charge in [0.15, 0.2) is 0 Å². The smallest absolute Gasteiger partial charge is 0.218 e. The predicted molar refractivity (Wildman–Crippen MR) is 114 cm³/mol. The number of rotatable bonds is 7. The molecule has 1 saturated heterocycles. The molecule has 8 heteroatoms. The van der Waals surface area contributed by atoms with Crippen molar-refractivity contribution in [2.24, 2.45) is 5.92 Å². The minimum absolute atomic E-state index is 0.0859. The van der Waals surface area contributed by atoms with E-state index < -0.39 is 34.4 Å². The molecule has 1 N–H and O–H groups in total. The normalized spacial score (nSPS) is 24.8.